The van der Waals surface area contributed by atoms with Gasteiger partial charge in [-0.2, -0.15) is 0 Å². The molecule has 1 N–H and O–H groups in total. The Morgan fingerprint density at radius 2 is 1.40 bits per heavy atom. The van der Waals surface area contributed by atoms with E-state index in [0.29, 0.717) is 6.42 Å². The summed E-state index contributed by atoms with van der Waals surface area (Å²) >= 11 is 0. The lowest BCUT2D eigenvalue weighted by Crippen LogP contribution is -2.24. The summed E-state index contributed by atoms with van der Waals surface area (Å²) in [7, 11) is 3.50. The number of amides is 1. The molecule has 0 heterocycles. The molecule has 0 aliphatic carbocycles. The van der Waals surface area contributed by atoms with Crippen molar-refractivity contribution in [2.75, 3.05) is 14.1 Å². The van der Waals surface area contributed by atoms with Gasteiger partial charge in [0.05, 0.1) is 0 Å². The molecule has 0 aliphatic heterocycles. The zero-order chi connectivity index (χ0) is 19.4. The third-order valence-corrected chi connectivity index (χ3v) is 3.75. The smallest absolute Gasteiger partial charge is 0.223 e. The van der Waals surface area contributed by atoms with Gasteiger partial charge < -0.3 is 10.0 Å². The van der Waals surface area contributed by atoms with Gasteiger partial charge in [-0.3, -0.25) is 4.79 Å². The molecule has 0 saturated heterocycles. The van der Waals surface area contributed by atoms with Gasteiger partial charge in [-0.05, 0) is 24.1 Å². The Kier molecular flexibility index (Phi) is 11.0. The standard InChI is InChI=1S/C18H21NO2.2C2H6/c1-13-8-4-5-9-14(13)16(12-18(21)19(2)3)15-10-6-7-11-17(15)20;2*1-2/h4-11,16,20H,12H2,1-3H3;2*1-2H3/t16-;;/m1../s1. The minimum atomic E-state index is -0.137. The molecule has 0 aromatic heterocycles. The molecule has 0 fully saturated rings. The number of phenols is 1. The minimum Gasteiger partial charge on any atom is -0.508 e. The molecule has 0 spiro atoms. The average Bonchev–Trinajstić information content (AvgIpc) is 2.64. The Labute approximate surface area is 153 Å². The predicted octanol–water partition coefficient (Wildman–Crippen LogP) is 5.36. The summed E-state index contributed by atoms with van der Waals surface area (Å²) in [6.45, 7) is 10.0. The van der Waals surface area contributed by atoms with Crippen LogP contribution < -0.4 is 0 Å². The fourth-order valence-electron chi connectivity index (χ4n) is 2.50. The maximum atomic E-state index is 12.2. The topological polar surface area (TPSA) is 40.5 Å². The van der Waals surface area contributed by atoms with E-state index in [-0.39, 0.29) is 17.6 Å². The number of benzene rings is 2. The quantitative estimate of drug-likeness (QED) is 0.811. The SMILES string of the molecule is CC.CC.Cc1ccccc1[C@@H](CC(=O)N(C)C)c1ccccc1O. The Bertz CT molecular complexity index is 590. The second-order valence-corrected chi connectivity index (χ2v) is 5.46. The van der Waals surface area contributed by atoms with Gasteiger partial charge in [0.1, 0.15) is 5.75 Å². The second-order valence-electron chi connectivity index (χ2n) is 5.46. The molecule has 2 aromatic carbocycles. The monoisotopic (exact) mass is 343 g/mol. The van der Waals surface area contributed by atoms with Crippen LogP contribution in [0.3, 0.4) is 0 Å². The van der Waals surface area contributed by atoms with Crippen LogP contribution >= 0.6 is 0 Å². The lowest BCUT2D eigenvalue weighted by atomic mass is 9.85. The largest absolute Gasteiger partial charge is 0.508 e. The highest BCUT2D eigenvalue weighted by atomic mass is 16.3. The number of hydrogen-bond acceptors (Lipinski definition) is 2. The second kappa shape index (κ2) is 12.1. The first-order valence-electron chi connectivity index (χ1n) is 9.04. The number of carbonyl (C=O) groups is 1. The first-order valence-corrected chi connectivity index (χ1v) is 9.04. The summed E-state index contributed by atoms with van der Waals surface area (Å²) in [5.74, 6) is 0.145. The molecule has 3 nitrogen and oxygen atoms in total. The van der Waals surface area contributed by atoms with E-state index < -0.39 is 0 Å². The fourth-order valence-corrected chi connectivity index (χ4v) is 2.50. The molecule has 0 saturated carbocycles. The molecular weight excluding hydrogens is 310 g/mol. The third-order valence-electron chi connectivity index (χ3n) is 3.75. The highest BCUT2D eigenvalue weighted by molar-refractivity contribution is 5.77. The van der Waals surface area contributed by atoms with E-state index in [9.17, 15) is 9.90 Å². The highest BCUT2D eigenvalue weighted by Gasteiger charge is 2.22. The Hall–Kier alpha value is -2.29. The van der Waals surface area contributed by atoms with Crippen molar-refractivity contribution in [1.82, 2.24) is 4.90 Å². The molecule has 25 heavy (non-hydrogen) atoms. The van der Waals surface area contributed by atoms with Crippen molar-refractivity contribution in [1.29, 1.82) is 0 Å². The van der Waals surface area contributed by atoms with Gasteiger partial charge in [0.15, 0.2) is 0 Å². The van der Waals surface area contributed by atoms with Crippen molar-refractivity contribution in [3.8, 4) is 5.75 Å². The molecule has 0 unspecified atom stereocenters. The molecule has 3 heteroatoms. The van der Waals surface area contributed by atoms with Crippen LogP contribution in [0, 0.1) is 6.92 Å². The highest BCUT2D eigenvalue weighted by Crippen LogP contribution is 2.35. The zero-order valence-corrected chi connectivity index (χ0v) is 16.7. The number of aryl methyl sites for hydroxylation is 1. The van der Waals surface area contributed by atoms with E-state index in [2.05, 4.69) is 0 Å². The van der Waals surface area contributed by atoms with Crippen LogP contribution in [0.1, 0.15) is 56.7 Å². The fraction of sp³-hybridized carbons (Fsp3) is 0.409. The number of para-hydroxylation sites is 1. The Morgan fingerprint density at radius 1 is 0.920 bits per heavy atom. The van der Waals surface area contributed by atoms with E-state index >= 15 is 0 Å². The Morgan fingerprint density at radius 3 is 1.88 bits per heavy atom. The van der Waals surface area contributed by atoms with E-state index in [0.717, 1.165) is 16.7 Å². The molecule has 1 atom stereocenters. The maximum absolute atomic E-state index is 12.2. The van der Waals surface area contributed by atoms with Gasteiger partial charge in [0.25, 0.3) is 0 Å². The van der Waals surface area contributed by atoms with Crippen LogP contribution in [-0.2, 0) is 4.79 Å². The maximum Gasteiger partial charge on any atom is 0.223 e. The van der Waals surface area contributed by atoms with E-state index in [1.165, 1.54) is 0 Å². The van der Waals surface area contributed by atoms with Gasteiger partial charge >= 0.3 is 0 Å². The summed E-state index contributed by atoms with van der Waals surface area (Å²) in [5, 5.41) is 10.2. The van der Waals surface area contributed by atoms with Crippen LogP contribution in [0.2, 0.25) is 0 Å². The van der Waals surface area contributed by atoms with Crippen LogP contribution in [0.4, 0.5) is 0 Å². The van der Waals surface area contributed by atoms with Crippen LogP contribution in [0.15, 0.2) is 48.5 Å². The lowest BCUT2D eigenvalue weighted by Gasteiger charge is -2.22. The molecule has 0 aliphatic rings. The van der Waals surface area contributed by atoms with Gasteiger partial charge in [-0.15, -0.1) is 0 Å². The molecule has 0 bridgehead atoms. The van der Waals surface area contributed by atoms with Gasteiger partial charge in [0, 0.05) is 32.0 Å². The van der Waals surface area contributed by atoms with Crippen molar-refractivity contribution in [3.63, 3.8) is 0 Å². The molecule has 138 valence electrons. The average molecular weight is 344 g/mol. The molecular formula is C22H33NO2. The lowest BCUT2D eigenvalue weighted by molar-refractivity contribution is -0.128. The zero-order valence-electron chi connectivity index (χ0n) is 16.7. The molecule has 2 rings (SSSR count). The summed E-state index contributed by atoms with van der Waals surface area (Å²) in [6.07, 6.45) is 0.343. The summed E-state index contributed by atoms with van der Waals surface area (Å²) in [4.78, 5) is 13.8. The van der Waals surface area contributed by atoms with Gasteiger partial charge in [-0.1, -0.05) is 70.2 Å². The number of aromatic hydroxyl groups is 1. The van der Waals surface area contributed by atoms with E-state index in [1.807, 2.05) is 71.0 Å². The summed E-state index contributed by atoms with van der Waals surface area (Å²) in [5.41, 5.74) is 2.99. The molecule has 0 radical (unpaired) electrons. The van der Waals surface area contributed by atoms with Crippen molar-refractivity contribution in [2.24, 2.45) is 0 Å². The number of hydrogen-bond donors (Lipinski definition) is 1. The van der Waals surface area contributed by atoms with Gasteiger partial charge in [-0.25, -0.2) is 0 Å². The van der Waals surface area contributed by atoms with Crippen molar-refractivity contribution < 1.29 is 9.90 Å². The third kappa shape index (κ3) is 6.61. The van der Waals surface area contributed by atoms with Gasteiger partial charge in [0.2, 0.25) is 5.91 Å². The minimum absolute atomic E-state index is 0.0477. The van der Waals surface area contributed by atoms with E-state index in [4.69, 9.17) is 0 Å². The van der Waals surface area contributed by atoms with Crippen molar-refractivity contribution >= 4 is 5.91 Å². The molecule has 2 aromatic rings. The van der Waals surface area contributed by atoms with E-state index in [1.54, 1.807) is 31.1 Å². The number of nitrogens with zero attached hydrogens (tertiary/aromatic N) is 1. The Balaban J connectivity index is 0.00000134. The van der Waals surface area contributed by atoms with Crippen LogP contribution in [0.5, 0.6) is 5.75 Å². The van der Waals surface area contributed by atoms with Crippen LogP contribution in [0.25, 0.3) is 0 Å². The first-order chi connectivity index (χ1) is 12.0. The first kappa shape index (κ1) is 22.7. The normalized spacial score (nSPS) is 10.5. The summed E-state index contributed by atoms with van der Waals surface area (Å²) in [6, 6.07) is 15.2. The molecule has 1 amide bonds. The number of carbonyl (C=O) groups excluding carboxylic acids is 1. The predicted molar refractivity (Wildman–Crippen MR) is 107 cm³/mol. The summed E-state index contributed by atoms with van der Waals surface area (Å²) < 4.78 is 0. The van der Waals surface area contributed by atoms with Crippen molar-refractivity contribution in [2.45, 2.75) is 47.0 Å². The number of rotatable bonds is 4. The number of phenolic OH excluding ortho intramolecular Hbond substituents is 1. The van der Waals surface area contributed by atoms with Crippen LogP contribution in [-0.4, -0.2) is 30.0 Å². The van der Waals surface area contributed by atoms with Crippen molar-refractivity contribution in [3.05, 3.63) is 65.2 Å².